The van der Waals surface area contributed by atoms with Crippen molar-refractivity contribution < 1.29 is 23.9 Å². The van der Waals surface area contributed by atoms with Gasteiger partial charge in [-0.2, -0.15) is 4.57 Å². The monoisotopic (exact) mass is 526 g/mol. The maximum Gasteiger partial charge on any atom is 0.212 e. The van der Waals surface area contributed by atoms with E-state index in [0.29, 0.717) is 6.54 Å². The lowest BCUT2D eigenvalue weighted by Gasteiger charge is -2.21. The molecule has 1 aliphatic rings. The van der Waals surface area contributed by atoms with Crippen LogP contribution in [-0.4, -0.2) is 26.7 Å². The van der Waals surface area contributed by atoms with E-state index in [9.17, 15) is 9.90 Å². The van der Waals surface area contributed by atoms with Crippen molar-refractivity contribution in [3.05, 3.63) is 83.0 Å². The minimum absolute atomic E-state index is 0.0619. The molecule has 1 aliphatic heterocycles. The number of nitrogens with zero attached hydrogens (tertiary/aromatic N) is 2. The molecular weight excluding hydrogens is 496 g/mol. The zero-order valence-electron chi connectivity index (χ0n) is 22.0. The van der Waals surface area contributed by atoms with Crippen LogP contribution in [0.5, 0.6) is 11.5 Å². The average molecular weight is 527 g/mol. The summed E-state index contributed by atoms with van der Waals surface area (Å²) in [5.41, 5.74) is 6.37. The Balaban J connectivity index is 1.59. The molecule has 0 spiro atoms. The first-order valence-corrected chi connectivity index (χ1v) is 13.4. The Morgan fingerprint density at radius 3 is 2.61 bits per heavy atom. The topological polar surface area (TPSA) is 65.7 Å². The standard InChI is InChI=1S/C31H30N2O4S/c1-5-32-23(9-7-22-16-20(2)6-11-26(22)32)18-30-33(15-14-31(34)35)27-12-8-21(17-29(27)38-30)25-19-24(36-3)10-13-28(25)37-4/h6-13,16-19H,5,14-15H2,1-4H3. The zero-order chi connectivity index (χ0) is 26.8. The van der Waals surface area contributed by atoms with Crippen LogP contribution in [0.25, 0.3) is 28.1 Å². The third-order valence-electron chi connectivity index (χ3n) is 6.80. The normalized spacial score (nSPS) is 13.7. The maximum absolute atomic E-state index is 11.4. The number of anilines is 1. The summed E-state index contributed by atoms with van der Waals surface area (Å²) in [7, 11) is 3.30. The second-order valence-corrected chi connectivity index (χ2v) is 10.2. The van der Waals surface area contributed by atoms with E-state index in [1.54, 1.807) is 26.0 Å². The molecule has 194 valence electrons. The van der Waals surface area contributed by atoms with E-state index in [1.165, 1.54) is 16.5 Å². The van der Waals surface area contributed by atoms with E-state index in [2.05, 4.69) is 65.8 Å². The minimum Gasteiger partial charge on any atom is -0.550 e. The van der Waals surface area contributed by atoms with Gasteiger partial charge in [0.05, 0.1) is 24.9 Å². The van der Waals surface area contributed by atoms with Gasteiger partial charge in [0.25, 0.3) is 0 Å². The van der Waals surface area contributed by atoms with Gasteiger partial charge < -0.3 is 24.3 Å². The van der Waals surface area contributed by atoms with Gasteiger partial charge in [-0.3, -0.25) is 0 Å². The Labute approximate surface area is 227 Å². The number of methoxy groups -OCH3 is 2. The number of ether oxygens (including phenoxy) is 2. The molecule has 0 fully saturated rings. The number of carbonyl (C=O) groups excluding carboxylic acids is 1. The highest BCUT2D eigenvalue weighted by Crippen LogP contribution is 2.49. The summed E-state index contributed by atoms with van der Waals surface area (Å²) in [6.45, 7) is 5.38. The van der Waals surface area contributed by atoms with Crippen LogP contribution in [0.1, 0.15) is 24.6 Å². The van der Waals surface area contributed by atoms with Crippen LogP contribution in [0.3, 0.4) is 0 Å². The highest BCUT2D eigenvalue weighted by Gasteiger charge is 2.27. The molecule has 0 aliphatic carbocycles. The third-order valence-corrected chi connectivity index (χ3v) is 7.89. The molecule has 3 aromatic carbocycles. The maximum atomic E-state index is 11.4. The fraction of sp³-hybridized carbons (Fsp3) is 0.226. The molecule has 1 aromatic heterocycles. The number of pyridine rings is 1. The molecule has 0 bridgehead atoms. The summed E-state index contributed by atoms with van der Waals surface area (Å²) in [5.74, 6) is 0.444. The van der Waals surface area contributed by atoms with E-state index in [1.807, 2.05) is 30.3 Å². The Bertz CT molecular complexity index is 1560. The first kappa shape index (κ1) is 25.7. The van der Waals surface area contributed by atoms with Crippen molar-refractivity contribution in [1.82, 2.24) is 0 Å². The van der Waals surface area contributed by atoms with Gasteiger partial charge in [-0.05, 0) is 61.9 Å². The van der Waals surface area contributed by atoms with Crippen LogP contribution in [-0.2, 0) is 11.3 Å². The van der Waals surface area contributed by atoms with Gasteiger partial charge in [0.1, 0.15) is 18.0 Å². The molecule has 4 aromatic rings. The molecule has 0 saturated carbocycles. The van der Waals surface area contributed by atoms with Crippen LogP contribution >= 0.6 is 11.8 Å². The molecule has 2 heterocycles. The smallest absolute Gasteiger partial charge is 0.212 e. The molecular formula is C31H30N2O4S. The number of hydrogen-bond acceptors (Lipinski definition) is 6. The first-order valence-electron chi connectivity index (χ1n) is 12.6. The summed E-state index contributed by atoms with van der Waals surface area (Å²) in [5, 5.41) is 13.6. The van der Waals surface area contributed by atoms with Crippen LogP contribution < -0.4 is 24.0 Å². The average Bonchev–Trinajstić information content (AvgIpc) is 3.27. The molecule has 5 rings (SSSR count). The van der Waals surface area contributed by atoms with Gasteiger partial charge in [0, 0.05) is 53.0 Å². The van der Waals surface area contributed by atoms with Gasteiger partial charge in [-0.15, -0.1) is 0 Å². The van der Waals surface area contributed by atoms with Crippen LogP contribution in [0.4, 0.5) is 5.69 Å². The number of hydrogen-bond donors (Lipinski definition) is 0. The second-order valence-electron chi connectivity index (χ2n) is 9.17. The number of rotatable bonds is 8. The minimum atomic E-state index is -1.06. The predicted molar refractivity (Wildman–Crippen MR) is 150 cm³/mol. The number of carboxylic acids is 1. The molecule has 0 saturated heterocycles. The number of thioether (sulfide) groups is 1. The van der Waals surface area contributed by atoms with Gasteiger partial charge in [-0.1, -0.05) is 29.5 Å². The molecule has 0 radical (unpaired) electrons. The Kier molecular flexibility index (Phi) is 7.29. The lowest BCUT2D eigenvalue weighted by atomic mass is 10.0. The van der Waals surface area contributed by atoms with E-state index < -0.39 is 5.97 Å². The molecule has 6 nitrogen and oxygen atoms in total. The predicted octanol–water partition coefficient (Wildman–Crippen LogP) is 5.19. The van der Waals surface area contributed by atoms with E-state index in [-0.39, 0.29) is 6.42 Å². The summed E-state index contributed by atoms with van der Waals surface area (Å²) in [6, 6.07) is 22.7. The van der Waals surface area contributed by atoms with Gasteiger partial charge in [-0.25, -0.2) is 0 Å². The van der Waals surface area contributed by atoms with Gasteiger partial charge in [0.2, 0.25) is 11.2 Å². The third kappa shape index (κ3) is 4.94. The number of carbonyl (C=O) groups is 1. The summed E-state index contributed by atoms with van der Waals surface area (Å²) >= 11 is 1.64. The molecule has 0 amide bonds. The Hall–Kier alpha value is -3.97. The molecule has 0 unspecified atom stereocenters. The first-order chi connectivity index (χ1) is 18.4. The van der Waals surface area contributed by atoms with Crippen molar-refractivity contribution in [3.8, 4) is 22.6 Å². The van der Waals surface area contributed by atoms with Crippen molar-refractivity contribution in [2.45, 2.75) is 31.7 Å². The summed E-state index contributed by atoms with van der Waals surface area (Å²) < 4.78 is 13.3. The van der Waals surface area contributed by atoms with Crippen molar-refractivity contribution >= 4 is 40.4 Å². The van der Waals surface area contributed by atoms with Crippen LogP contribution in [0.2, 0.25) is 0 Å². The molecule has 38 heavy (non-hydrogen) atoms. The van der Waals surface area contributed by atoms with Crippen LogP contribution in [0, 0.1) is 6.92 Å². The SMILES string of the molecule is CC[n+]1c(C=C2Sc3cc(-c4cc(OC)ccc4OC)ccc3N2CCC(=O)[O-])ccc2cc(C)ccc21. The summed E-state index contributed by atoms with van der Waals surface area (Å²) in [6.07, 6.45) is 2.09. The van der Waals surface area contributed by atoms with Crippen molar-refractivity contribution in [2.75, 3.05) is 25.7 Å². The van der Waals surface area contributed by atoms with Crippen molar-refractivity contribution in [2.24, 2.45) is 0 Å². The number of benzene rings is 3. The fourth-order valence-corrected chi connectivity index (χ4v) is 6.09. The highest BCUT2D eigenvalue weighted by molar-refractivity contribution is 8.03. The zero-order valence-corrected chi connectivity index (χ0v) is 22.8. The van der Waals surface area contributed by atoms with Crippen molar-refractivity contribution in [3.63, 3.8) is 0 Å². The Morgan fingerprint density at radius 1 is 1.03 bits per heavy atom. The number of carboxylic acid groups (broad SMARTS) is 1. The molecule has 7 heteroatoms. The fourth-order valence-electron chi connectivity index (χ4n) is 4.92. The lowest BCUT2D eigenvalue weighted by molar-refractivity contribution is -0.669. The molecule has 0 N–H and O–H groups in total. The van der Waals surface area contributed by atoms with Gasteiger partial charge in [0.15, 0.2) is 0 Å². The number of aromatic nitrogens is 1. The number of aliphatic carboxylic acids is 1. The van der Waals surface area contributed by atoms with Crippen molar-refractivity contribution in [1.29, 1.82) is 0 Å². The van der Waals surface area contributed by atoms with E-state index in [4.69, 9.17) is 9.47 Å². The summed E-state index contributed by atoms with van der Waals surface area (Å²) in [4.78, 5) is 14.5. The quantitative estimate of drug-likeness (QED) is 0.295. The van der Waals surface area contributed by atoms with E-state index >= 15 is 0 Å². The second kappa shape index (κ2) is 10.8. The van der Waals surface area contributed by atoms with E-state index in [0.717, 1.165) is 50.5 Å². The Morgan fingerprint density at radius 2 is 1.87 bits per heavy atom. The van der Waals surface area contributed by atoms with Crippen LogP contribution in [0.15, 0.2) is 76.7 Å². The number of fused-ring (bicyclic) bond motifs is 2. The molecule has 0 atom stereocenters. The lowest BCUT2D eigenvalue weighted by Crippen LogP contribution is -2.37. The highest BCUT2D eigenvalue weighted by atomic mass is 32.2. The largest absolute Gasteiger partial charge is 0.550 e. The number of aryl methyl sites for hydroxylation is 2. The van der Waals surface area contributed by atoms with Gasteiger partial charge >= 0.3 is 0 Å².